The summed E-state index contributed by atoms with van der Waals surface area (Å²) in [5.74, 6) is 1.12. The number of amides is 1. The summed E-state index contributed by atoms with van der Waals surface area (Å²) in [4.78, 5) is 29.1. The van der Waals surface area contributed by atoms with E-state index in [1.54, 1.807) is 4.52 Å². The smallest absolute Gasteiger partial charge is 0.243 e. The highest BCUT2D eigenvalue weighted by atomic mass is 16.2. The molecule has 6 heterocycles. The minimum Gasteiger partial charge on any atom is -0.331 e. The lowest BCUT2D eigenvalue weighted by Crippen LogP contribution is -2.45. The monoisotopic (exact) mass is 399 g/mol. The van der Waals surface area contributed by atoms with Crippen molar-refractivity contribution in [2.45, 2.75) is 38.8 Å². The van der Waals surface area contributed by atoms with E-state index in [0.717, 1.165) is 65.6 Å². The van der Waals surface area contributed by atoms with Crippen LogP contribution in [0.25, 0.3) is 28.3 Å². The molecule has 0 spiro atoms. The predicted octanol–water partition coefficient (Wildman–Crippen LogP) is 3.03. The molecule has 1 amide bonds. The fraction of sp³-hybridized carbons (Fsp3) is 0.318. The maximum Gasteiger partial charge on any atom is 0.243 e. The van der Waals surface area contributed by atoms with E-state index in [2.05, 4.69) is 14.6 Å². The van der Waals surface area contributed by atoms with E-state index < -0.39 is 0 Å². The first-order chi connectivity index (χ1) is 14.7. The number of rotatable bonds is 2. The van der Waals surface area contributed by atoms with Gasteiger partial charge >= 0.3 is 0 Å². The highest BCUT2D eigenvalue weighted by Crippen LogP contribution is 2.40. The average molecular weight is 399 g/mol. The molecule has 1 unspecified atom stereocenters. The molecule has 0 aromatic carbocycles. The fourth-order valence-electron chi connectivity index (χ4n) is 4.71. The normalized spacial score (nSPS) is 18.5. The van der Waals surface area contributed by atoms with Crippen LogP contribution in [0.15, 0.2) is 42.9 Å². The molecule has 4 aromatic heterocycles. The van der Waals surface area contributed by atoms with Crippen molar-refractivity contribution in [1.82, 2.24) is 34.0 Å². The van der Waals surface area contributed by atoms with E-state index in [1.807, 2.05) is 48.4 Å². The van der Waals surface area contributed by atoms with Crippen LogP contribution in [0, 0.1) is 6.92 Å². The van der Waals surface area contributed by atoms with Crippen LogP contribution in [0.5, 0.6) is 0 Å². The number of piperidine rings is 1. The van der Waals surface area contributed by atoms with Crippen molar-refractivity contribution in [2.75, 3.05) is 6.54 Å². The molecule has 8 nitrogen and oxygen atoms in total. The SMILES string of the molecule is Cc1cccc(-c2nc3n(c2-c2ccc4ncnn4c2)CC(=O)N2CCCCC32)n1. The molecule has 0 N–H and O–H groups in total. The first-order valence-electron chi connectivity index (χ1n) is 10.3. The van der Waals surface area contributed by atoms with Crippen LogP contribution in [0.1, 0.15) is 36.8 Å². The lowest BCUT2D eigenvalue weighted by atomic mass is 9.99. The minimum atomic E-state index is 0.0346. The Bertz CT molecular complexity index is 1290. The molecule has 0 saturated carbocycles. The van der Waals surface area contributed by atoms with Gasteiger partial charge in [-0.1, -0.05) is 6.07 Å². The minimum absolute atomic E-state index is 0.0346. The first kappa shape index (κ1) is 17.3. The van der Waals surface area contributed by atoms with Crippen LogP contribution in [0.2, 0.25) is 0 Å². The molecular weight excluding hydrogens is 378 g/mol. The number of nitrogens with zero attached hydrogens (tertiary/aromatic N) is 7. The van der Waals surface area contributed by atoms with Crippen molar-refractivity contribution in [3.63, 3.8) is 0 Å². The van der Waals surface area contributed by atoms with Crippen LogP contribution in [-0.2, 0) is 11.3 Å². The average Bonchev–Trinajstić information content (AvgIpc) is 3.38. The molecule has 0 radical (unpaired) electrons. The summed E-state index contributed by atoms with van der Waals surface area (Å²) >= 11 is 0. The van der Waals surface area contributed by atoms with Gasteiger partial charge < -0.3 is 9.47 Å². The Morgan fingerprint density at radius 1 is 1.10 bits per heavy atom. The van der Waals surface area contributed by atoms with Crippen molar-refractivity contribution in [1.29, 1.82) is 0 Å². The summed E-state index contributed by atoms with van der Waals surface area (Å²) in [6, 6.07) is 9.95. The molecule has 8 heteroatoms. The van der Waals surface area contributed by atoms with Crippen molar-refractivity contribution >= 4 is 11.6 Å². The Balaban J connectivity index is 1.61. The molecule has 2 aliphatic heterocycles. The molecule has 0 bridgehead atoms. The summed E-state index contributed by atoms with van der Waals surface area (Å²) in [6.07, 6.45) is 6.61. The zero-order valence-electron chi connectivity index (χ0n) is 16.7. The maximum atomic E-state index is 13.0. The first-order valence-corrected chi connectivity index (χ1v) is 10.3. The lowest BCUT2D eigenvalue weighted by molar-refractivity contribution is -0.138. The fourth-order valence-corrected chi connectivity index (χ4v) is 4.71. The Morgan fingerprint density at radius 2 is 2.03 bits per heavy atom. The van der Waals surface area contributed by atoms with E-state index in [0.29, 0.717) is 6.54 Å². The van der Waals surface area contributed by atoms with Crippen molar-refractivity contribution in [2.24, 2.45) is 0 Å². The number of aromatic nitrogens is 6. The molecule has 150 valence electrons. The van der Waals surface area contributed by atoms with Gasteiger partial charge in [0.25, 0.3) is 0 Å². The van der Waals surface area contributed by atoms with Crippen molar-refractivity contribution in [3.05, 3.63) is 54.4 Å². The molecule has 1 atom stereocenters. The van der Waals surface area contributed by atoms with Gasteiger partial charge in [0.05, 0.1) is 17.4 Å². The zero-order chi connectivity index (χ0) is 20.2. The third kappa shape index (κ3) is 2.56. The number of fused-ring (bicyclic) bond motifs is 4. The zero-order valence-corrected chi connectivity index (χ0v) is 16.7. The number of carbonyl (C=O) groups excluding carboxylic acids is 1. The molecule has 4 aromatic rings. The highest BCUT2D eigenvalue weighted by molar-refractivity contribution is 5.83. The standard InChI is InChI=1S/C22H21N7O/c1-14-5-4-6-16(25-14)20-21(15-8-9-18-23-13-24-29(18)11-15)28-12-19(30)27-10-3-2-7-17(27)22(28)26-20/h4-6,8-9,11,13,17H,2-3,7,10,12H2,1H3. The van der Waals surface area contributed by atoms with E-state index in [-0.39, 0.29) is 11.9 Å². The van der Waals surface area contributed by atoms with Gasteiger partial charge in [-0.05, 0) is 50.5 Å². The van der Waals surface area contributed by atoms with E-state index in [1.165, 1.54) is 6.33 Å². The quantitative estimate of drug-likeness (QED) is 0.518. The summed E-state index contributed by atoms with van der Waals surface area (Å²) in [5, 5.41) is 4.28. The lowest BCUT2D eigenvalue weighted by Gasteiger charge is -2.39. The van der Waals surface area contributed by atoms with Crippen LogP contribution in [-0.4, -0.2) is 46.5 Å². The summed E-state index contributed by atoms with van der Waals surface area (Å²) in [7, 11) is 0. The molecular formula is C22H21N7O. The van der Waals surface area contributed by atoms with Crippen LogP contribution in [0.3, 0.4) is 0 Å². The number of carbonyl (C=O) groups is 1. The number of aryl methyl sites for hydroxylation is 1. The number of hydrogen-bond acceptors (Lipinski definition) is 5. The Kier molecular flexibility index (Phi) is 3.74. The summed E-state index contributed by atoms with van der Waals surface area (Å²) < 4.78 is 3.84. The van der Waals surface area contributed by atoms with Crippen LogP contribution >= 0.6 is 0 Å². The second kappa shape index (κ2) is 6.48. The molecule has 1 saturated heterocycles. The summed E-state index contributed by atoms with van der Waals surface area (Å²) in [6.45, 7) is 3.09. The van der Waals surface area contributed by atoms with Gasteiger partial charge in [0.1, 0.15) is 24.4 Å². The van der Waals surface area contributed by atoms with E-state index in [4.69, 9.17) is 9.97 Å². The largest absolute Gasteiger partial charge is 0.331 e. The van der Waals surface area contributed by atoms with Gasteiger partial charge in [-0.25, -0.2) is 14.5 Å². The van der Waals surface area contributed by atoms with Gasteiger partial charge in [-0.15, -0.1) is 0 Å². The van der Waals surface area contributed by atoms with E-state index >= 15 is 0 Å². The Morgan fingerprint density at radius 3 is 2.93 bits per heavy atom. The second-order valence-electron chi connectivity index (χ2n) is 8.00. The molecule has 1 fully saturated rings. The van der Waals surface area contributed by atoms with Crippen LogP contribution < -0.4 is 0 Å². The second-order valence-corrected chi connectivity index (χ2v) is 8.00. The Hall–Kier alpha value is -3.55. The topological polar surface area (TPSA) is 81.2 Å². The van der Waals surface area contributed by atoms with Crippen molar-refractivity contribution in [3.8, 4) is 22.6 Å². The predicted molar refractivity (Wildman–Crippen MR) is 110 cm³/mol. The Labute approximate surface area is 173 Å². The molecule has 6 rings (SSSR count). The van der Waals surface area contributed by atoms with Crippen molar-refractivity contribution < 1.29 is 4.79 Å². The number of pyridine rings is 2. The number of hydrogen-bond donors (Lipinski definition) is 0. The molecule has 0 aliphatic carbocycles. The van der Waals surface area contributed by atoms with Gasteiger partial charge in [0, 0.05) is 24.0 Å². The molecule has 30 heavy (non-hydrogen) atoms. The van der Waals surface area contributed by atoms with Gasteiger partial charge in [0.2, 0.25) is 5.91 Å². The van der Waals surface area contributed by atoms with Crippen LogP contribution in [0.4, 0.5) is 0 Å². The summed E-state index contributed by atoms with van der Waals surface area (Å²) in [5.41, 5.74) is 5.21. The highest BCUT2D eigenvalue weighted by Gasteiger charge is 2.38. The van der Waals surface area contributed by atoms with Gasteiger partial charge in [-0.3, -0.25) is 9.78 Å². The van der Waals surface area contributed by atoms with Gasteiger partial charge in [-0.2, -0.15) is 5.10 Å². The third-order valence-electron chi connectivity index (χ3n) is 6.09. The maximum absolute atomic E-state index is 13.0. The third-order valence-corrected chi connectivity index (χ3v) is 6.09. The van der Waals surface area contributed by atoms with Gasteiger partial charge in [0.15, 0.2) is 5.65 Å². The molecule has 2 aliphatic rings. The number of imidazole rings is 1. The van der Waals surface area contributed by atoms with E-state index in [9.17, 15) is 4.79 Å².